The third kappa shape index (κ3) is 4.69. The molecule has 0 amide bonds. The van der Waals surface area contributed by atoms with Gasteiger partial charge in [0, 0.05) is 29.9 Å². The Labute approximate surface area is 208 Å². The van der Waals surface area contributed by atoms with E-state index in [1.807, 2.05) is 25.2 Å². The van der Waals surface area contributed by atoms with E-state index in [4.69, 9.17) is 21.1 Å². The number of fused-ring (bicyclic) bond motifs is 2. The van der Waals surface area contributed by atoms with Crippen molar-refractivity contribution in [2.45, 2.75) is 18.4 Å². The number of nitrogens with zero attached hydrogens (tertiary/aromatic N) is 3. The summed E-state index contributed by atoms with van der Waals surface area (Å²) < 4.78 is 40.9. The van der Waals surface area contributed by atoms with Gasteiger partial charge in [0.15, 0.2) is 11.6 Å². The largest absolute Gasteiger partial charge is 0.490 e. The monoisotopic (exact) mass is 510 g/mol. The van der Waals surface area contributed by atoms with E-state index in [0.29, 0.717) is 22.7 Å². The lowest BCUT2D eigenvalue weighted by Crippen LogP contribution is -2.28. The molecule has 4 aromatic rings. The summed E-state index contributed by atoms with van der Waals surface area (Å²) in [6, 6.07) is 14.0. The van der Waals surface area contributed by atoms with Gasteiger partial charge in [-0.3, -0.25) is 9.71 Å². The molecule has 10 heteroatoms. The van der Waals surface area contributed by atoms with E-state index in [0.717, 1.165) is 28.9 Å². The van der Waals surface area contributed by atoms with Crippen molar-refractivity contribution < 1.29 is 17.9 Å². The quantitative estimate of drug-likeness (QED) is 0.398. The maximum absolute atomic E-state index is 13.2. The number of rotatable bonds is 6. The molecule has 2 aromatic carbocycles. The number of benzene rings is 2. The molecule has 8 nitrogen and oxygen atoms in total. The van der Waals surface area contributed by atoms with Gasteiger partial charge >= 0.3 is 0 Å². The predicted octanol–water partition coefficient (Wildman–Crippen LogP) is 4.80. The number of likely N-dealkylation sites (N-methyl/N-ethyl adjacent to an activating group) is 1. The smallest absolute Gasteiger partial charge is 0.263 e. The van der Waals surface area contributed by atoms with Crippen molar-refractivity contribution in [3.8, 4) is 11.5 Å². The molecular formula is C25H23ClN4O4S. The van der Waals surface area contributed by atoms with E-state index in [2.05, 4.69) is 19.6 Å². The Morgan fingerprint density at radius 3 is 2.91 bits per heavy atom. The first kappa shape index (κ1) is 23.2. The van der Waals surface area contributed by atoms with Crippen LogP contribution in [-0.4, -0.2) is 38.6 Å². The van der Waals surface area contributed by atoms with Crippen LogP contribution in [0.15, 0.2) is 65.8 Å². The maximum Gasteiger partial charge on any atom is 0.263 e. The lowest BCUT2D eigenvalue weighted by molar-refractivity contribution is 0.298. The van der Waals surface area contributed by atoms with Gasteiger partial charge in [-0.2, -0.15) is 0 Å². The Bertz CT molecular complexity index is 1530. The SMILES string of the molecule is Cc1c(Cl)cccc1S(=O)(=O)Nc1nc2ccncc2cc1OCc1ccc2c(c1)OCCN2C. The van der Waals surface area contributed by atoms with Crippen molar-refractivity contribution in [2.24, 2.45) is 0 Å². The molecule has 0 saturated heterocycles. The van der Waals surface area contributed by atoms with E-state index < -0.39 is 10.0 Å². The summed E-state index contributed by atoms with van der Waals surface area (Å²) in [6.45, 7) is 3.29. The van der Waals surface area contributed by atoms with Crippen molar-refractivity contribution in [3.63, 3.8) is 0 Å². The zero-order valence-corrected chi connectivity index (χ0v) is 20.7. The van der Waals surface area contributed by atoms with E-state index in [1.165, 1.54) is 6.07 Å². The van der Waals surface area contributed by atoms with Gasteiger partial charge in [-0.05, 0) is 54.4 Å². The highest BCUT2D eigenvalue weighted by Gasteiger charge is 2.22. The second-order valence-corrected chi connectivity index (χ2v) is 10.3. The number of pyridine rings is 2. The molecule has 2 aromatic heterocycles. The molecule has 0 atom stereocenters. The van der Waals surface area contributed by atoms with Gasteiger partial charge in [0.05, 0.1) is 22.6 Å². The molecule has 3 heterocycles. The van der Waals surface area contributed by atoms with Gasteiger partial charge in [-0.15, -0.1) is 0 Å². The van der Waals surface area contributed by atoms with Crippen molar-refractivity contribution in [1.29, 1.82) is 0 Å². The van der Waals surface area contributed by atoms with E-state index in [9.17, 15) is 8.42 Å². The summed E-state index contributed by atoms with van der Waals surface area (Å²) in [5.41, 5.74) is 2.93. The molecule has 1 aliphatic rings. The Kier molecular flexibility index (Phi) is 6.12. The molecule has 5 rings (SSSR count). The van der Waals surface area contributed by atoms with Gasteiger partial charge in [-0.25, -0.2) is 13.4 Å². The van der Waals surface area contributed by atoms with Crippen LogP contribution >= 0.6 is 11.6 Å². The molecule has 180 valence electrons. The van der Waals surface area contributed by atoms with Gasteiger partial charge in [0.1, 0.15) is 19.0 Å². The van der Waals surface area contributed by atoms with Crippen molar-refractivity contribution in [1.82, 2.24) is 9.97 Å². The Morgan fingerprint density at radius 2 is 2.06 bits per heavy atom. The Morgan fingerprint density at radius 1 is 1.20 bits per heavy atom. The molecule has 35 heavy (non-hydrogen) atoms. The van der Waals surface area contributed by atoms with Gasteiger partial charge < -0.3 is 14.4 Å². The molecule has 1 N–H and O–H groups in total. The highest BCUT2D eigenvalue weighted by Crippen LogP contribution is 2.34. The molecule has 0 fully saturated rings. The standard InChI is InChI=1S/C25H23ClN4O4S/c1-16-19(26)4-3-5-24(16)35(31,32)29-25-23(13-18-14-27-9-8-20(18)28-25)34-15-17-6-7-21-22(12-17)33-11-10-30(21)2/h3-9,12-14H,10-11,15H2,1-2H3,(H,28,29). The summed E-state index contributed by atoms with van der Waals surface area (Å²) in [5.74, 6) is 1.15. The molecule has 0 radical (unpaired) electrons. The van der Waals surface area contributed by atoms with Crippen LogP contribution in [-0.2, 0) is 16.6 Å². The van der Waals surface area contributed by atoms with Crippen LogP contribution in [0.1, 0.15) is 11.1 Å². The molecule has 0 saturated carbocycles. The van der Waals surface area contributed by atoms with Gasteiger partial charge in [0.25, 0.3) is 10.0 Å². The molecule has 0 unspecified atom stereocenters. The fraction of sp³-hybridized carbons (Fsp3) is 0.200. The fourth-order valence-corrected chi connectivity index (χ4v) is 5.41. The summed E-state index contributed by atoms with van der Waals surface area (Å²) in [7, 11) is -1.96. The van der Waals surface area contributed by atoms with Gasteiger partial charge in [0.2, 0.25) is 0 Å². The number of nitrogens with one attached hydrogen (secondary N) is 1. The maximum atomic E-state index is 13.2. The minimum Gasteiger partial charge on any atom is -0.490 e. The van der Waals surface area contributed by atoms with Crippen LogP contribution in [0.4, 0.5) is 11.5 Å². The van der Waals surface area contributed by atoms with E-state index >= 15 is 0 Å². The molecule has 1 aliphatic heterocycles. The molecule has 0 aliphatic carbocycles. The molecular weight excluding hydrogens is 488 g/mol. The topological polar surface area (TPSA) is 93.7 Å². The summed E-state index contributed by atoms with van der Waals surface area (Å²) >= 11 is 6.16. The second-order valence-electron chi connectivity index (χ2n) is 8.23. The minimum atomic E-state index is -3.98. The van der Waals surface area contributed by atoms with Crippen LogP contribution in [0.3, 0.4) is 0 Å². The van der Waals surface area contributed by atoms with Crippen LogP contribution < -0.4 is 19.1 Å². The third-order valence-electron chi connectivity index (χ3n) is 5.83. The second kappa shape index (κ2) is 9.24. The number of aromatic nitrogens is 2. The van der Waals surface area contributed by atoms with Crippen LogP contribution in [0.5, 0.6) is 11.5 Å². The van der Waals surface area contributed by atoms with Crippen LogP contribution in [0.2, 0.25) is 5.02 Å². The normalized spacial score (nSPS) is 13.3. The predicted molar refractivity (Wildman–Crippen MR) is 136 cm³/mol. The number of sulfonamides is 1. The lowest BCUT2D eigenvalue weighted by Gasteiger charge is -2.28. The highest BCUT2D eigenvalue weighted by atomic mass is 35.5. The average Bonchev–Trinajstić information content (AvgIpc) is 2.84. The number of hydrogen-bond donors (Lipinski definition) is 1. The zero-order valence-electron chi connectivity index (χ0n) is 19.2. The molecule has 0 spiro atoms. The van der Waals surface area contributed by atoms with Crippen molar-refractivity contribution >= 4 is 44.0 Å². The number of anilines is 2. The summed E-state index contributed by atoms with van der Waals surface area (Å²) in [6.07, 6.45) is 3.25. The van der Waals surface area contributed by atoms with Crippen molar-refractivity contribution in [3.05, 3.63) is 77.1 Å². The fourth-order valence-electron chi connectivity index (χ4n) is 3.90. The third-order valence-corrected chi connectivity index (χ3v) is 7.73. The first-order valence-electron chi connectivity index (χ1n) is 10.9. The van der Waals surface area contributed by atoms with Crippen LogP contribution in [0.25, 0.3) is 10.9 Å². The minimum absolute atomic E-state index is 0.0727. The molecule has 0 bridgehead atoms. The average molecular weight is 511 g/mol. The number of ether oxygens (including phenoxy) is 2. The lowest BCUT2D eigenvalue weighted by atomic mass is 10.1. The first-order valence-corrected chi connectivity index (χ1v) is 12.8. The van der Waals surface area contributed by atoms with E-state index in [1.54, 1.807) is 43.6 Å². The first-order chi connectivity index (χ1) is 16.8. The summed E-state index contributed by atoms with van der Waals surface area (Å²) in [5, 5.41) is 1.09. The van der Waals surface area contributed by atoms with E-state index in [-0.39, 0.29) is 23.1 Å². The van der Waals surface area contributed by atoms with Crippen LogP contribution in [0, 0.1) is 6.92 Å². The number of hydrogen-bond acceptors (Lipinski definition) is 7. The number of halogens is 1. The van der Waals surface area contributed by atoms with Crippen molar-refractivity contribution in [2.75, 3.05) is 29.8 Å². The summed E-state index contributed by atoms with van der Waals surface area (Å²) in [4.78, 5) is 10.8. The zero-order chi connectivity index (χ0) is 24.6. The Hall–Kier alpha value is -3.56. The van der Waals surface area contributed by atoms with Gasteiger partial charge in [-0.1, -0.05) is 23.7 Å². The Balaban J connectivity index is 1.48. The highest BCUT2D eigenvalue weighted by molar-refractivity contribution is 7.92.